The van der Waals surface area contributed by atoms with Crippen molar-refractivity contribution in [2.45, 2.75) is 56.3 Å². The zero-order valence-corrected chi connectivity index (χ0v) is 21.1. The average Bonchev–Trinajstić information content (AvgIpc) is 2.79. The topological polar surface area (TPSA) is 252 Å². The smallest absolute Gasteiger partial charge is 0.326 e. The van der Waals surface area contributed by atoms with Gasteiger partial charge in [-0.1, -0.05) is 0 Å². The van der Waals surface area contributed by atoms with Gasteiger partial charge in [0.05, 0.1) is 6.04 Å². The molecule has 0 bridgehead atoms. The van der Waals surface area contributed by atoms with Gasteiger partial charge in [0.15, 0.2) is 5.96 Å². The van der Waals surface area contributed by atoms with Crippen LogP contribution in [0.4, 0.5) is 0 Å². The SMILES string of the molecule is CSCCC(NC(=O)C(CCC(=O)O)NC(=O)C(CCCN=C(N)N)NC(=O)C(N)CS)C(=O)O. The first kappa shape index (κ1) is 32.3. The third-order valence-corrected chi connectivity index (χ3v) is 5.65. The Morgan fingerprint density at radius 3 is 1.94 bits per heavy atom. The zero-order chi connectivity index (χ0) is 27.0. The van der Waals surface area contributed by atoms with Crippen LogP contribution in [0, 0.1) is 0 Å². The maximum atomic E-state index is 13.0. The number of nitrogens with zero attached hydrogens (tertiary/aromatic N) is 1. The second kappa shape index (κ2) is 17.7. The molecule has 0 aromatic carbocycles. The van der Waals surface area contributed by atoms with E-state index in [4.69, 9.17) is 22.3 Å². The number of carboxylic acids is 2. The molecule has 0 aliphatic rings. The molecule has 14 nitrogen and oxygen atoms in total. The molecule has 11 N–H and O–H groups in total. The molecule has 0 aromatic heterocycles. The number of thioether (sulfide) groups is 1. The summed E-state index contributed by atoms with van der Waals surface area (Å²) >= 11 is 5.34. The van der Waals surface area contributed by atoms with Crippen LogP contribution in [-0.2, 0) is 24.0 Å². The van der Waals surface area contributed by atoms with Gasteiger partial charge in [0.25, 0.3) is 0 Å². The summed E-state index contributed by atoms with van der Waals surface area (Å²) in [7, 11) is 0. The standard InChI is InChI=1S/C19H35N7O7S2/c1-35-8-6-13(18(32)33)26-17(31)12(4-5-14(27)28)25-16(30)11(3-2-7-23-19(21)22)24-15(29)10(20)9-34/h10-13,34H,2-9,20H2,1H3,(H,24,29)(H,25,30)(H,26,31)(H,27,28)(H,32,33)(H4,21,22,23). The number of hydrogen-bond acceptors (Lipinski definition) is 9. The quantitative estimate of drug-likeness (QED) is 0.0381. The summed E-state index contributed by atoms with van der Waals surface area (Å²) in [5, 5.41) is 25.6. The molecule has 0 spiro atoms. The number of thiol groups is 1. The van der Waals surface area contributed by atoms with E-state index in [9.17, 15) is 29.1 Å². The molecule has 0 fully saturated rings. The molecule has 0 heterocycles. The van der Waals surface area contributed by atoms with Crippen molar-refractivity contribution in [1.29, 1.82) is 0 Å². The Balaban J connectivity index is 5.57. The van der Waals surface area contributed by atoms with Gasteiger partial charge < -0.3 is 43.4 Å². The van der Waals surface area contributed by atoms with Gasteiger partial charge in [-0.05, 0) is 37.7 Å². The Kier molecular flexibility index (Phi) is 16.3. The number of carboxylic acid groups (broad SMARTS) is 2. The molecular weight excluding hydrogens is 502 g/mol. The van der Waals surface area contributed by atoms with Crippen LogP contribution in [0.1, 0.15) is 32.1 Å². The van der Waals surface area contributed by atoms with Crippen LogP contribution < -0.4 is 33.2 Å². The van der Waals surface area contributed by atoms with Gasteiger partial charge in [0.2, 0.25) is 17.7 Å². The highest BCUT2D eigenvalue weighted by Crippen LogP contribution is 2.06. The lowest BCUT2D eigenvalue weighted by Gasteiger charge is -2.25. The van der Waals surface area contributed by atoms with E-state index >= 15 is 0 Å². The minimum absolute atomic E-state index is 0.0183. The molecule has 35 heavy (non-hydrogen) atoms. The first-order valence-corrected chi connectivity index (χ1v) is 12.7. The van der Waals surface area contributed by atoms with E-state index in [2.05, 4.69) is 33.6 Å². The Hall–Kier alpha value is -2.72. The van der Waals surface area contributed by atoms with E-state index in [1.54, 1.807) is 6.26 Å². The third kappa shape index (κ3) is 14.3. The first-order chi connectivity index (χ1) is 16.4. The van der Waals surface area contributed by atoms with Gasteiger partial charge in [-0.3, -0.25) is 24.2 Å². The highest BCUT2D eigenvalue weighted by atomic mass is 32.2. The summed E-state index contributed by atoms with van der Waals surface area (Å²) in [6.07, 6.45) is 1.50. The number of guanidine groups is 1. The Labute approximate surface area is 213 Å². The van der Waals surface area contributed by atoms with E-state index in [0.29, 0.717) is 5.75 Å². The summed E-state index contributed by atoms with van der Waals surface area (Å²) in [6, 6.07) is -4.72. The summed E-state index contributed by atoms with van der Waals surface area (Å²) < 4.78 is 0. The van der Waals surface area contributed by atoms with Crippen LogP contribution in [0.2, 0.25) is 0 Å². The van der Waals surface area contributed by atoms with E-state index in [-0.39, 0.29) is 43.9 Å². The average molecular weight is 538 g/mol. The highest BCUT2D eigenvalue weighted by molar-refractivity contribution is 7.98. The summed E-state index contributed by atoms with van der Waals surface area (Å²) in [6.45, 7) is 0.166. The van der Waals surface area contributed by atoms with Crippen LogP contribution >= 0.6 is 24.4 Å². The van der Waals surface area contributed by atoms with Gasteiger partial charge >= 0.3 is 11.9 Å². The molecule has 0 rings (SSSR count). The van der Waals surface area contributed by atoms with Crippen LogP contribution in [0.25, 0.3) is 0 Å². The zero-order valence-electron chi connectivity index (χ0n) is 19.4. The van der Waals surface area contributed by atoms with Crippen LogP contribution in [0.3, 0.4) is 0 Å². The monoisotopic (exact) mass is 537 g/mol. The maximum absolute atomic E-state index is 13.0. The molecule has 0 saturated carbocycles. The molecule has 0 aromatic rings. The van der Waals surface area contributed by atoms with Gasteiger partial charge in [0, 0.05) is 18.7 Å². The van der Waals surface area contributed by atoms with Crippen molar-refractivity contribution < 1.29 is 34.2 Å². The molecule has 0 saturated heterocycles. The van der Waals surface area contributed by atoms with Crippen molar-refractivity contribution in [3.05, 3.63) is 0 Å². The van der Waals surface area contributed by atoms with Crippen molar-refractivity contribution in [2.75, 3.05) is 24.3 Å². The number of carbonyl (C=O) groups is 5. The predicted molar refractivity (Wildman–Crippen MR) is 135 cm³/mol. The van der Waals surface area contributed by atoms with Crippen molar-refractivity contribution in [1.82, 2.24) is 16.0 Å². The number of nitrogens with two attached hydrogens (primary N) is 3. The second-order valence-electron chi connectivity index (χ2n) is 7.47. The Morgan fingerprint density at radius 1 is 0.914 bits per heavy atom. The molecule has 0 aliphatic carbocycles. The fraction of sp³-hybridized carbons (Fsp3) is 0.684. The summed E-state index contributed by atoms with van der Waals surface area (Å²) in [5.74, 6) is -4.44. The van der Waals surface area contributed by atoms with E-state index in [1.807, 2.05) is 0 Å². The van der Waals surface area contributed by atoms with Crippen LogP contribution in [0.5, 0.6) is 0 Å². The number of amides is 3. The lowest BCUT2D eigenvalue weighted by Crippen LogP contribution is -2.57. The van der Waals surface area contributed by atoms with E-state index < -0.39 is 60.2 Å². The van der Waals surface area contributed by atoms with Crippen molar-refractivity contribution in [3.8, 4) is 0 Å². The van der Waals surface area contributed by atoms with Crippen molar-refractivity contribution >= 4 is 60.0 Å². The predicted octanol–water partition coefficient (Wildman–Crippen LogP) is -2.55. The number of nitrogens with one attached hydrogen (secondary N) is 3. The molecule has 4 unspecified atom stereocenters. The maximum Gasteiger partial charge on any atom is 0.326 e. The van der Waals surface area contributed by atoms with Crippen molar-refractivity contribution in [2.24, 2.45) is 22.2 Å². The minimum Gasteiger partial charge on any atom is -0.481 e. The molecule has 0 radical (unpaired) electrons. The Bertz CT molecular complexity index is 766. The molecule has 4 atom stereocenters. The number of aliphatic carboxylic acids is 2. The molecule has 3 amide bonds. The molecular formula is C19H35N7O7S2. The molecule has 200 valence electrons. The van der Waals surface area contributed by atoms with Crippen LogP contribution in [0.15, 0.2) is 4.99 Å². The third-order valence-electron chi connectivity index (χ3n) is 4.62. The number of hydrogen-bond donors (Lipinski definition) is 9. The molecule has 0 aliphatic heterocycles. The molecule has 16 heteroatoms. The lowest BCUT2D eigenvalue weighted by atomic mass is 10.1. The number of aliphatic imine (C=N–C) groups is 1. The lowest BCUT2D eigenvalue weighted by molar-refractivity contribution is -0.143. The first-order valence-electron chi connectivity index (χ1n) is 10.7. The van der Waals surface area contributed by atoms with Crippen LogP contribution in [-0.4, -0.2) is 94.3 Å². The normalized spacial score (nSPS) is 14.0. The minimum atomic E-state index is -1.36. The number of carbonyl (C=O) groups excluding carboxylic acids is 3. The fourth-order valence-corrected chi connectivity index (χ4v) is 3.35. The van der Waals surface area contributed by atoms with E-state index in [1.165, 1.54) is 11.8 Å². The summed E-state index contributed by atoms with van der Waals surface area (Å²) in [4.78, 5) is 64.3. The van der Waals surface area contributed by atoms with Gasteiger partial charge in [-0.15, -0.1) is 0 Å². The number of rotatable bonds is 18. The summed E-state index contributed by atoms with van der Waals surface area (Å²) in [5.41, 5.74) is 16.2. The van der Waals surface area contributed by atoms with Gasteiger partial charge in [0.1, 0.15) is 18.1 Å². The van der Waals surface area contributed by atoms with Crippen molar-refractivity contribution in [3.63, 3.8) is 0 Å². The van der Waals surface area contributed by atoms with Gasteiger partial charge in [-0.25, -0.2) is 4.79 Å². The Morgan fingerprint density at radius 2 is 1.46 bits per heavy atom. The van der Waals surface area contributed by atoms with Gasteiger partial charge in [-0.2, -0.15) is 24.4 Å². The second-order valence-corrected chi connectivity index (χ2v) is 8.82. The fourth-order valence-electron chi connectivity index (χ4n) is 2.71. The van der Waals surface area contributed by atoms with E-state index in [0.717, 1.165) is 0 Å². The highest BCUT2D eigenvalue weighted by Gasteiger charge is 2.30. The largest absolute Gasteiger partial charge is 0.481 e.